The van der Waals surface area contributed by atoms with Gasteiger partial charge in [-0.3, -0.25) is 0 Å². The van der Waals surface area contributed by atoms with Crippen molar-refractivity contribution in [2.24, 2.45) is 0 Å². The smallest absolute Gasteiger partial charge is 0.248 e. The Morgan fingerprint density at radius 2 is 2.10 bits per heavy atom. The predicted molar refractivity (Wildman–Crippen MR) is 77.4 cm³/mol. The zero-order valence-electron chi connectivity index (χ0n) is 11.9. The molecule has 0 fully saturated rings. The summed E-state index contributed by atoms with van der Waals surface area (Å²) in [5.74, 6) is 1.50. The minimum atomic E-state index is 0.367. The van der Waals surface area contributed by atoms with Crippen molar-refractivity contribution in [3.05, 3.63) is 41.4 Å². The fourth-order valence-electron chi connectivity index (χ4n) is 2.22. The highest BCUT2D eigenvalue weighted by molar-refractivity contribution is 5.58. The molecule has 0 aliphatic heterocycles. The maximum absolute atomic E-state index is 5.76. The molecule has 0 radical (unpaired) electrons. The van der Waals surface area contributed by atoms with E-state index in [0.29, 0.717) is 24.1 Å². The molecule has 3 aromatic rings. The topological polar surface area (TPSA) is 95.7 Å². The Hall–Kier alpha value is -2.70. The third-order valence-electron chi connectivity index (χ3n) is 3.34. The van der Waals surface area contributed by atoms with Crippen molar-refractivity contribution in [1.29, 1.82) is 0 Å². The largest absolute Gasteiger partial charge is 0.381 e. The molecule has 21 heavy (non-hydrogen) atoms. The van der Waals surface area contributed by atoms with Crippen molar-refractivity contribution in [3.8, 4) is 11.4 Å². The molecule has 7 nitrogen and oxygen atoms in total. The van der Waals surface area contributed by atoms with E-state index in [2.05, 4.69) is 20.5 Å². The lowest BCUT2D eigenvalue weighted by molar-refractivity contribution is 0.363. The number of rotatable bonds is 4. The van der Waals surface area contributed by atoms with Crippen LogP contribution in [0.1, 0.15) is 24.1 Å². The van der Waals surface area contributed by atoms with Crippen molar-refractivity contribution in [2.45, 2.75) is 26.8 Å². The second-order valence-corrected chi connectivity index (χ2v) is 4.76. The molecule has 2 aromatic heterocycles. The first-order chi connectivity index (χ1) is 10.2. The number of nitrogen functional groups attached to an aromatic ring is 1. The zero-order chi connectivity index (χ0) is 14.8. The van der Waals surface area contributed by atoms with Crippen molar-refractivity contribution in [2.75, 3.05) is 5.73 Å². The van der Waals surface area contributed by atoms with Gasteiger partial charge in [-0.25, -0.2) is 4.68 Å². The summed E-state index contributed by atoms with van der Waals surface area (Å²) < 4.78 is 6.98. The first kappa shape index (κ1) is 13.3. The van der Waals surface area contributed by atoms with Gasteiger partial charge in [0.1, 0.15) is 6.54 Å². The second-order valence-electron chi connectivity index (χ2n) is 4.76. The minimum Gasteiger partial charge on any atom is -0.381 e. The first-order valence-corrected chi connectivity index (χ1v) is 6.75. The van der Waals surface area contributed by atoms with Gasteiger partial charge in [0.2, 0.25) is 11.7 Å². The third kappa shape index (κ3) is 2.49. The minimum absolute atomic E-state index is 0.367. The maximum Gasteiger partial charge on any atom is 0.248 e. The molecule has 0 saturated heterocycles. The zero-order valence-corrected chi connectivity index (χ0v) is 11.9. The lowest BCUT2D eigenvalue weighted by Crippen LogP contribution is -2.07. The molecule has 0 saturated carbocycles. The van der Waals surface area contributed by atoms with Crippen molar-refractivity contribution < 1.29 is 4.52 Å². The highest BCUT2D eigenvalue weighted by Gasteiger charge is 2.14. The standard InChI is InChI=1S/C14H16N6O/c1-3-11-13(15)17-19-20(11)8-12-16-14(18-21-12)10-7-5-4-6-9(10)2/h4-7H,3,8,15H2,1-2H3. The normalized spacial score (nSPS) is 11.0. The monoisotopic (exact) mass is 284 g/mol. The van der Waals surface area contributed by atoms with E-state index >= 15 is 0 Å². The molecule has 3 rings (SSSR count). The molecule has 2 N–H and O–H groups in total. The summed E-state index contributed by atoms with van der Waals surface area (Å²) in [6.45, 7) is 4.38. The van der Waals surface area contributed by atoms with Crippen LogP contribution in [-0.2, 0) is 13.0 Å². The Labute approximate surface area is 121 Å². The van der Waals surface area contributed by atoms with Crippen LogP contribution >= 0.6 is 0 Å². The summed E-state index contributed by atoms with van der Waals surface area (Å²) in [4.78, 5) is 4.41. The summed E-state index contributed by atoms with van der Waals surface area (Å²) in [6, 6.07) is 7.91. The van der Waals surface area contributed by atoms with Crippen molar-refractivity contribution >= 4 is 5.82 Å². The molecule has 0 unspecified atom stereocenters. The van der Waals surface area contributed by atoms with Gasteiger partial charge in [-0.2, -0.15) is 4.98 Å². The van der Waals surface area contributed by atoms with Gasteiger partial charge in [0.15, 0.2) is 5.82 Å². The number of hydrogen-bond acceptors (Lipinski definition) is 6. The van der Waals surface area contributed by atoms with Crippen LogP contribution in [0.2, 0.25) is 0 Å². The SMILES string of the molecule is CCc1c(N)nnn1Cc1nc(-c2ccccc2C)no1. The Morgan fingerprint density at radius 1 is 1.29 bits per heavy atom. The molecule has 1 aromatic carbocycles. The molecule has 108 valence electrons. The third-order valence-corrected chi connectivity index (χ3v) is 3.34. The van der Waals surface area contributed by atoms with Crippen molar-refractivity contribution in [3.63, 3.8) is 0 Å². The molecular weight excluding hydrogens is 268 g/mol. The Bertz CT molecular complexity index is 760. The molecule has 2 heterocycles. The van der Waals surface area contributed by atoms with E-state index in [0.717, 1.165) is 23.2 Å². The highest BCUT2D eigenvalue weighted by atomic mass is 16.5. The van der Waals surface area contributed by atoms with Gasteiger partial charge in [-0.15, -0.1) is 5.10 Å². The second kappa shape index (κ2) is 5.35. The van der Waals surface area contributed by atoms with Gasteiger partial charge in [0.25, 0.3) is 0 Å². The van der Waals surface area contributed by atoms with Crippen LogP contribution in [0.15, 0.2) is 28.8 Å². The van der Waals surface area contributed by atoms with E-state index in [-0.39, 0.29) is 0 Å². The van der Waals surface area contributed by atoms with E-state index in [4.69, 9.17) is 10.3 Å². The molecule has 0 spiro atoms. The van der Waals surface area contributed by atoms with E-state index < -0.39 is 0 Å². The first-order valence-electron chi connectivity index (χ1n) is 6.75. The lowest BCUT2D eigenvalue weighted by atomic mass is 10.1. The van der Waals surface area contributed by atoms with E-state index in [1.807, 2.05) is 38.1 Å². The fraction of sp³-hybridized carbons (Fsp3) is 0.286. The van der Waals surface area contributed by atoms with Gasteiger partial charge in [0, 0.05) is 5.56 Å². The maximum atomic E-state index is 5.76. The predicted octanol–water partition coefficient (Wildman–Crippen LogP) is 1.83. The molecule has 0 bridgehead atoms. The van der Waals surface area contributed by atoms with Gasteiger partial charge in [0.05, 0.1) is 5.69 Å². The van der Waals surface area contributed by atoms with Gasteiger partial charge in [-0.05, 0) is 18.9 Å². The van der Waals surface area contributed by atoms with Crippen molar-refractivity contribution in [1.82, 2.24) is 25.1 Å². The van der Waals surface area contributed by atoms with Crippen LogP contribution in [0.3, 0.4) is 0 Å². The summed E-state index contributed by atoms with van der Waals surface area (Å²) in [5.41, 5.74) is 8.69. The number of nitrogens with zero attached hydrogens (tertiary/aromatic N) is 5. The molecule has 0 amide bonds. The Kier molecular flexibility index (Phi) is 3.39. The van der Waals surface area contributed by atoms with Crippen LogP contribution in [0.4, 0.5) is 5.82 Å². The number of nitrogens with two attached hydrogens (primary N) is 1. The van der Waals surface area contributed by atoms with Gasteiger partial charge >= 0.3 is 0 Å². The van der Waals surface area contributed by atoms with Crippen LogP contribution in [0.5, 0.6) is 0 Å². The van der Waals surface area contributed by atoms with Crippen LogP contribution in [-0.4, -0.2) is 25.1 Å². The van der Waals surface area contributed by atoms with Gasteiger partial charge in [-0.1, -0.05) is 41.6 Å². The number of aromatic nitrogens is 5. The summed E-state index contributed by atoms with van der Waals surface area (Å²) in [6.07, 6.45) is 0.748. The molecular formula is C14H16N6O. The van der Waals surface area contributed by atoms with E-state index in [1.54, 1.807) is 4.68 Å². The Morgan fingerprint density at radius 3 is 2.86 bits per heavy atom. The summed E-state index contributed by atoms with van der Waals surface area (Å²) in [7, 11) is 0. The highest BCUT2D eigenvalue weighted by Crippen LogP contribution is 2.20. The average molecular weight is 284 g/mol. The molecule has 0 aliphatic carbocycles. The molecule has 0 aliphatic rings. The molecule has 7 heteroatoms. The quantitative estimate of drug-likeness (QED) is 0.785. The fourth-order valence-corrected chi connectivity index (χ4v) is 2.22. The van der Waals surface area contributed by atoms with E-state index in [1.165, 1.54) is 0 Å². The van der Waals surface area contributed by atoms with Crippen LogP contribution in [0.25, 0.3) is 11.4 Å². The lowest BCUT2D eigenvalue weighted by Gasteiger charge is -2.00. The number of anilines is 1. The average Bonchev–Trinajstić information content (AvgIpc) is 3.07. The number of hydrogen-bond donors (Lipinski definition) is 1. The number of aryl methyl sites for hydroxylation is 1. The van der Waals surface area contributed by atoms with E-state index in [9.17, 15) is 0 Å². The van der Waals surface area contributed by atoms with Crippen LogP contribution < -0.4 is 5.73 Å². The van der Waals surface area contributed by atoms with Crippen LogP contribution in [0, 0.1) is 6.92 Å². The Balaban J connectivity index is 1.87. The summed E-state index contributed by atoms with van der Waals surface area (Å²) >= 11 is 0. The molecule has 0 atom stereocenters. The summed E-state index contributed by atoms with van der Waals surface area (Å²) in [5, 5.41) is 11.9. The van der Waals surface area contributed by atoms with Gasteiger partial charge < -0.3 is 10.3 Å². The number of benzene rings is 1.